The SMILES string of the molecule is C#CCC1CCNCC1. The van der Waals surface area contributed by atoms with Crippen LogP contribution in [0.2, 0.25) is 0 Å². The molecule has 0 saturated carbocycles. The minimum Gasteiger partial charge on any atom is -0.317 e. The number of hydrogen-bond acceptors (Lipinski definition) is 1. The van der Waals surface area contributed by atoms with Crippen molar-refractivity contribution in [2.45, 2.75) is 19.3 Å². The van der Waals surface area contributed by atoms with Crippen LogP contribution in [0, 0.1) is 18.3 Å². The second kappa shape index (κ2) is 3.53. The Bertz CT molecular complexity index is 106. The second-order valence-electron chi connectivity index (χ2n) is 2.60. The average molecular weight is 123 g/mol. The molecule has 9 heavy (non-hydrogen) atoms. The van der Waals surface area contributed by atoms with Crippen molar-refractivity contribution in [1.29, 1.82) is 0 Å². The Morgan fingerprint density at radius 2 is 2.11 bits per heavy atom. The van der Waals surface area contributed by atoms with Gasteiger partial charge in [0.1, 0.15) is 0 Å². The minimum atomic E-state index is 0.802. The molecule has 0 aromatic carbocycles. The van der Waals surface area contributed by atoms with Gasteiger partial charge in [-0.3, -0.25) is 0 Å². The third kappa shape index (κ3) is 2.07. The van der Waals surface area contributed by atoms with E-state index >= 15 is 0 Å². The van der Waals surface area contributed by atoms with E-state index < -0.39 is 0 Å². The van der Waals surface area contributed by atoms with Gasteiger partial charge >= 0.3 is 0 Å². The molecule has 0 atom stereocenters. The Morgan fingerprint density at radius 1 is 1.44 bits per heavy atom. The van der Waals surface area contributed by atoms with Crippen LogP contribution in [-0.2, 0) is 0 Å². The van der Waals surface area contributed by atoms with Crippen molar-refractivity contribution in [2.75, 3.05) is 13.1 Å². The molecule has 1 nitrogen and oxygen atoms in total. The monoisotopic (exact) mass is 123 g/mol. The van der Waals surface area contributed by atoms with E-state index in [9.17, 15) is 0 Å². The summed E-state index contributed by atoms with van der Waals surface area (Å²) >= 11 is 0. The van der Waals surface area contributed by atoms with E-state index in [-0.39, 0.29) is 0 Å². The van der Waals surface area contributed by atoms with E-state index in [4.69, 9.17) is 6.42 Å². The standard InChI is InChI=1S/C8H13N/c1-2-3-8-4-6-9-7-5-8/h1,8-9H,3-7H2. The van der Waals surface area contributed by atoms with E-state index in [1.807, 2.05) is 0 Å². The lowest BCUT2D eigenvalue weighted by atomic mass is 9.95. The maximum atomic E-state index is 5.19. The third-order valence-electron chi connectivity index (χ3n) is 1.87. The molecule has 1 aliphatic rings. The van der Waals surface area contributed by atoms with Crippen LogP contribution in [-0.4, -0.2) is 13.1 Å². The first-order valence-corrected chi connectivity index (χ1v) is 3.57. The van der Waals surface area contributed by atoms with Crippen LogP contribution in [0.5, 0.6) is 0 Å². The lowest BCUT2D eigenvalue weighted by Gasteiger charge is -2.19. The van der Waals surface area contributed by atoms with Gasteiger partial charge in [0, 0.05) is 6.42 Å². The Kier molecular flexibility index (Phi) is 2.60. The topological polar surface area (TPSA) is 12.0 Å². The third-order valence-corrected chi connectivity index (χ3v) is 1.87. The highest BCUT2D eigenvalue weighted by molar-refractivity contribution is 4.88. The summed E-state index contributed by atoms with van der Waals surface area (Å²) in [6, 6.07) is 0. The molecule has 50 valence electrons. The van der Waals surface area contributed by atoms with Crippen LogP contribution < -0.4 is 5.32 Å². The lowest BCUT2D eigenvalue weighted by molar-refractivity contribution is 0.381. The van der Waals surface area contributed by atoms with Gasteiger partial charge in [-0.1, -0.05) is 0 Å². The first kappa shape index (κ1) is 6.64. The molecular weight excluding hydrogens is 110 g/mol. The molecule has 0 aromatic rings. The summed E-state index contributed by atoms with van der Waals surface area (Å²) in [7, 11) is 0. The lowest BCUT2D eigenvalue weighted by Crippen LogP contribution is -2.27. The molecule has 0 aromatic heterocycles. The number of piperidine rings is 1. The molecule has 1 saturated heterocycles. The zero-order chi connectivity index (χ0) is 6.53. The van der Waals surface area contributed by atoms with E-state index in [0.717, 1.165) is 25.4 Å². The Labute approximate surface area is 56.8 Å². The molecule has 0 aliphatic carbocycles. The fraction of sp³-hybridized carbons (Fsp3) is 0.750. The van der Waals surface area contributed by atoms with Gasteiger partial charge in [0.15, 0.2) is 0 Å². The molecule has 1 fully saturated rings. The molecule has 1 rings (SSSR count). The highest BCUT2D eigenvalue weighted by Gasteiger charge is 2.10. The number of nitrogens with one attached hydrogen (secondary N) is 1. The van der Waals surface area contributed by atoms with Crippen molar-refractivity contribution in [1.82, 2.24) is 5.32 Å². The molecule has 0 spiro atoms. The molecule has 1 heteroatoms. The normalized spacial score (nSPS) is 21.2. The van der Waals surface area contributed by atoms with Gasteiger partial charge < -0.3 is 5.32 Å². The summed E-state index contributed by atoms with van der Waals surface area (Å²) in [6.07, 6.45) is 8.70. The molecular formula is C8H13N. The summed E-state index contributed by atoms with van der Waals surface area (Å²) < 4.78 is 0. The van der Waals surface area contributed by atoms with Gasteiger partial charge in [-0.05, 0) is 31.8 Å². The van der Waals surface area contributed by atoms with E-state index in [2.05, 4.69) is 11.2 Å². The highest BCUT2D eigenvalue weighted by atomic mass is 14.9. The summed E-state index contributed by atoms with van der Waals surface area (Å²) in [5.41, 5.74) is 0. The molecule has 0 unspecified atom stereocenters. The molecule has 0 bridgehead atoms. The summed E-state index contributed by atoms with van der Waals surface area (Å²) in [5.74, 6) is 3.51. The Balaban J connectivity index is 2.17. The van der Waals surface area contributed by atoms with Gasteiger partial charge in [0.25, 0.3) is 0 Å². The molecule has 0 radical (unpaired) electrons. The van der Waals surface area contributed by atoms with Crippen LogP contribution in [0.3, 0.4) is 0 Å². The first-order chi connectivity index (χ1) is 4.43. The van der Waals surface area contributed by atoms with E-state index in [1.165, 1.54) is 12.8 Å². The molecule has 1 N–H and O–H groups in total. The number of rotatable bonds is 1. The van der Waals surface area contributed by atoms with Gasteiger partial charge in [-0.15, -0.1) is 12.3 Å². The van der Waals surface area contributed by atoms with Gasteiger partial charge in [0.2, 0.25) is 0 Å². The Hall–Kier alpha value is -0.480. The highest BCUT2D eigenvalue weighted by Crippen LogP contribution is 2.14. The predicted molar refractivity (Wildman–Crippen MR) is 39.0 cm³/mol. The van der Waals surface area contributed by atoms with Crippen LogP contribution in [0.25, 0.3) is 0 Å². The van der Waals surface area contributed by atoms with Crippen LogP contribution in [0.1, 0.15) is 19.3 Å². The summed E-state index contributed by atoms with van der Waals surface area (Å²) in [4.78, 5) is 0. The van der Waals surface area contributed by atoms with Gasteiger partial charge in [-0.25, -0.2) is 0 Å². The fourth-order valence-electron chi connectivity index (χ4n) is 1.25. The Morgan fingerprint density at radius 3 is 2.67 bits per heavy atom. The van der Waals surface area contributed by atoms with Gasteiger partial charge in [0.05, 0.1) is 0 Å². The van der Waals surface area contributed by atoms with Crippen molar-refractivity contribution < 1.29 is 0 Å². The van der Waals surface area contributed by atoms with Crippen molar-refractivity contribution in [3.05, 3.63) is 0 Å². The van der Waals surface area contributed by atoms with Crippen molar-refractivity contribution in [3.8, 4) is 12.3 Å². The van der Waals surface area contributed by atoms with Crippen LogP contribution >= 0.6 is 0 Å². The minimum absolute atomic E-state index is 0.802. The fourth-order valence-corrected chi connectivity index (χ4v) is 1.25. The maximum Gasteiger partial charge on any atom is 0.0115 e. The van der Waals surface area contributed by atoms with Crippen molar-refractivity contribution in [2.24, 2.45) is 5.92 Å². The first-order valence-electron chi connectivity index (χ1n) is 3.57. The summed E-state index contributed by atoms with van der Waals surface area (Å²) in [5, 5.41) is 3.30. The second-order valence-corrected chi connectivity index (χ2v) is 2.60. The largest absolute Gasteiger partial charge is 0.317 e. The van der Waals surface area contributed by atoms with E-state index in [0.29, 0.717) is 0 Å². The predicted octanol–water partition coefficient (Wildman–Crippen LogP) is 1.01. The van der Waals surface area contributed by atoms with E-state index in [1.54, 1.807) is 0 Å². The zero-order valence-corrected chi connectivity index (χ0v) is 5.69. The van der Waals surface area contributed by atoms with Crippen molar-refractivity contribution in [3.63, 3.8) is 0 Å². The summed E-state index contributed by atoms with van der Waals surface area (Å²) in [6.45, 7) is 2.32. The van der Waals surface area contributed by atoms with Gasteiger partial charge in [-0.2, -0.15) is 0 Å². The smallest absolute Gasteiger partial charge is 0.0115 e. The number of terminal acetylenes is 1. The number of hydrogen-bond donors (Lipinski definition) is 1. The molecule has 1 heterocycles. The maximum absolute atomic E-state index is 5.19. The quantitative estimate of drug-likeness (QED) is 0.513. The average Bonchev–Trinajstić information content (AvgIpc) is 1.91. The molecule has 0 amide bonds. The van der Waals surface area contributed by atoms with Crippen LogP contribution in [0.15, 0.2) is 0 Å². The molecule has 1 aliphatic heterocycles. The van der Waals surface area contributed by atoms with Crippen molar-refractivity contribution >= 4 is 0 Å². The zero-order valence-electron chi connectivity index (χ0n) is 5.69. The van der Waals surface area contributed by atoms with Crippen LogP contribution in [0.4, 0.5) is 0 Å².